The van der Waals surface area contributed by atoms with Crippen LogP contribution in [0.25, 0.3) is 0 Å². The Morgan fingerprint density at radius 3 is 2.41 bits per heavy atom. The molecule has 1 atom stereocenters. The highest BCUT2D eigenvalue weighted by Gasteiger charge is 2.09. The Hall–Kier alpha value is -1.09. The number of hydrogen-bond donors (Lipinski definition) is 1. The van der Waals surface area contributed by atoms with Crippen molar-refractivity contribution in [1.82, 2.24) is 4.98 Å². The molecule has 0 saturated carbocycles. The van der Waals surface area contributed by atoms with Gasteiger partial charge in [-0.15, -0.1) is 0 Å². The Kier molecular flexibility index (Phi) is 4.00. The summed E-state index contributed by atoms with van der Waals surface area (Å²) in [4.78, 5) is 4.24. The van der Waals surface area contributed by atoms with Gasteiger partial charge in [-0.3, -0.25) is 4.98 Å². The van der Waals surface area contributed by atoms with Crippen LogP contribution in [0.1, 0.15) is 17.3 Å². The fourth-order valence-electron chi connectivity index (χ4n) is 1.65. The van der Waals surface area contributed by atoms with Crippen molar-refractivity contribution in [1.29, 1.82) is 0 Å². The minimum Gasteiger partial charge on any atom is -0.324 e. The molecule has 0 amide bonds. The van der Waals surface area contributed by atoms with Crippen molar-refractivity contribution in [2.24, 2.45) is 5.73 Å². The summed E-state index contributed by atoms with van der Waals surface area (Å²) in [5, 5.41) is 1.20. The zero-order valence-electron chi connectivity index (χ0n) is 9.11. The minimum atomic E-state index is -0.152. The van der Waals surface area contributed by atoms with Crippen LogP contribution in [0.3, 0.4) is 0 Å². The molecule has 2 aromatic rings. The van der Waals surface area contributed by atoms with Crippen LogP contribution >= 0.6 is 23.2 Å². The van der Waals surface area contributed by atoms with Crippen LogP contribution in [0.4, 0.5) is 0 Å². The van der Waals surface area contributed by atoms with Gasteiger partial charge in [0.15, 0.2) is 0 Å². The third kappa shape index (κ3) is 3.43. The lowest BCUT2D eigenvalue weighted by Crippen LogP contribution is -2.14. The molecule has 1 aromatic carbocycles. The Morgan fingerprint density at radius 1 is 1.12 bits per heavy atom. The largest absolute Gasteiger partial charge is 0.324 e. The van der Waals surface area contributed by atoms with E-state index in [1.54, 1.807) is 12.3 Å². The molecule has 0 radical (unpaired) electrons. The average molecular weight is 267 g/mol. The van der Waals surface area contributed by atoms with Gasteiger partial charge < -0.3 is 5.73 Å². The van der Waals surface area contributed by atoms with E-state index in [0.29, 0.717) is 16.5 Å². The van der Waals surface area contributed by atoms with E-state index < -0.39 is 0 Å². The molecule has 0 aliphatic heterocycles. The van der Waals surface area contributed by atoms with Crippen molar-refractivity contribution >= 4 is 23.2 Å². The molecule has 4 heteroatoms. The number of nitrogens with two attached hydrogens (primary N) is 1. The zero-order valence-corrected chi connectivity index (χ0v) is 10.6. The molecule has 1 heterocycles. The molecule has 0 spiro atoms. The van der Waals surface area contributed by atoms with Crippen LogP contribution in [-0.4, -0.2) is 4.98 Å². The number of nitrogens with zero attached hydrogens (tertiary/aromatic N) is 1. The molecule has 0 saturated heterocycles. The summed E-state index contributed by atoms with van der Waals surface area (Å²) < 4.78 is 0. The van der Waals surface area contributed by atoms with Crippen molar-refractivity contribution in [3.63, 3.8) is 0 Å². The predicted octanol–water partition coefficient (Wildman–Crippen LogP) is 3.63. The average Bonchev–Trinajstić information content (AvgIpc) is 2.29. The molecule has 1 aromatic heterocycles. The van der Waals surface area contributed by atoms with Gasteiger partial charge in [0, 0.05) is 34.4 Å². The number of benzene rings is 1. The van der Waals surface area contributed by atoms with Gasteiger partial charge in [0.2, 0.25) is 0 Å². The van der Waals surface area contributed by atoms with Crippen LogP contribution in [0, 0.1) is 0 Å². The first-order valence-corrected chi connectivity index (χ1v) is 6.02. The Bertz CT molecular complexity index is 480. The Balaban J connectivity index is 2.17. The summed E-state index contributed by atoms with van der Waals surface area (Å²) in [5.41, 5.74) is 7.99. The fourth-order valence-corrected chi connectivity index (χ4v) is 2.19. The Labute approximate surface area is 110 Å². The van der Waals surface area contributed by atoms with Gasteiger partial charge in [0.1, 0.15) is 0 Å². The normalized spacial score (nSPS) is 12.4. The van der Waals surface area contributed by atoms with Crippen molar-refractivity contribution in [2.45, 2.75) is 12.5 Å². The van der Waals surface area contributed by atoms with E-state index in [9.17, 15) is 0 Å². The highest BCUT2D eigenvalue weighted by atomic mass is 35.5. The lowest BCUT2D eigenvalue weighted by atomic mass is 10.0. The van der Waals surface area contributed by atoms with Crippen molar-refractivity contribution < 1.29 is 0 Å². The molecule has 1 unspecified atom stereocenters. The van der Waals surface area contributed by atoms with E-state index in [2.05, 4.69) is 4.98 Å². The first kappa shape index (κ1) is 12.4. The van der Waals surface area contributed by atoms with Gasteiger partial charge in [-0.25, -0.2) is 0 Å². The number of halogens is 2. The van der Waals surface area contributed by atoms with Crippen LogP contribution < -0.4 is 5.73 Å². The lowest BCUT2D eigenvalue weighted by Gasteiger charge is -2.12. The molecule has 2 rings (SSSR count). The summed E-state index contributed by atoms with van der Waals surface area (Å²) in [6, 6.07) is 11.0. The van der Waals surface area contributed by atoms with Gasteiger partial charge in [-0.05, 0) is 35.9 Å². The molecule has 0 bridgehead atoms. The third-order valence-electron chi connectivity index (χ3n) is 2.47. The Morgan fingerprint density at radius 2 is 1.82 bits per heavy atom. The fraction of sp³-hybridized carbons (Fsp3) is 0.154. The topological polar surface area (TPSA) is 38.9 Å². The van der Waals surface area contributed by atoms with E-state index in [4.69, 9.17) is 28.9 Å². The van der Waals surface area contributed by atoms with Gasteiger partial charge >= 0.3 is 0 Å². The highest BCUT2D eigenvalue weighted by Crippen LogP contribution is 2.24. The van der Waals surface area contributed by atoms with Gasteiger partial charge in [0.05, 0.1) is 0 Å². The molecule has 0 fully saturated rings. The monoisotopic (exact) mass is 266 g/mol. The predicted molar refractivity (Wildman–Crippen MR) is 71.3 cm³/mol. The maximum Gasteiger partial charge on any atom is 0.0424 e. The second-order valence-electron chi connectivity index (χ2n) is 3.83. The zero-order chi connectivity index (χ0) is 12.3. The second-order valence-corrected chi connectivity index (χ2v) is 4.71. The third-order valence-corrected chi connectivity index (χ3v) is 2.90. The molecule has 88 valence electrons. The maximum absolute atomic E-state index is 6.11. The number of rotatable bonds is 3. The first-order chi connectivity index (χ1) is 8.15. The standard InChI is InChI=1S/C13H12Cl2N2/c14-10-5-9(6-11(15)7-10)13(16)8-12-3-1-2-4-17-12/h1-7,13H,8,16H2. The van der Waals surface area contributed by atoms with Crippen LogP contribution in [0.2, 0.25) is 10.0 Å². The lowest BCUT2D eigenvalue weighted by molar-refractivity contribution is 0.707. The molecule has 0 aliphatic carbocycles. The van der Waals surface area contributed by atoms with E-state index in [-0.39, 0.29) is 6.04 Å². The minimum absolute atomic E-state index is 0.152. The summed E-state index contributed by atoms with van der Waals surface area (Å²) in [6.07, 6.45) is 2.42. The summed E-state index contributed by atoms with van der Waals surface area (Å²) in [6.45, 7) is 0. The first-order valence-electron chi connectivity index (χ1n) is 5.26. The van der Waals surface area contributed by atoms with Crippen LogP contribution in [-0.2, 0) is 6.42 Å². The maximum atomic E-state index is 6.11. The molecular weight excluding hydrogens is 255 g/mol. The summed E-state index contributed by atoms with van der Waals surface area (Å²) in [7, 11) is 0. The summed E-state index contributed by atoms with van der Waals surface area (Å²) >= 11 is 11.9. The quantitative estimate of drug-likeness (QED) is 0.922. The number of hydrogen-bond acceptors (Lipinski definition) is 2. The molecule has 2 nitrogen and oxygen atoms in total. The number of aromatic nitrogens is 1. The van der Waals surface area contributed by atoms with E-state index in [0.717, 1.165) is 11.3 Å². The summed E-state index contributed by atoms with van der Waals surface area (Å²) in [5.74, 6) is 0. The van der Waals surface area contributed by atoms with Gasteiger partial charge in [-0.1, -0.05) is 29.3 Å². The van der Waals surface area contributed by atoms with Crippen LogP contribution in [0.5, 0.6) is 0 Å². The van der Waals surface area contributed by atoms with E-state index in [1.165, 1.54) is 0 Å². The van der Waals surface area contributed by atoms with Crippen molar-refractivity contribution in [3.05, 3.63) is 63.9 Å². The van der Waals surface area contributed by atoms with E-state index in [1.807, 2.05) is 30.3 Å². The van der Waals surface area contributed by atoms with Crippen LogP contribution in [0.15, 0.2) is 42.6 Å². The number of pyridine rings is 1. The smallest absolute Gasteiger partial charge is 0.0424 e. The van der Waals surface area contributed by atoms with Gasteiger partial charge in [0.25, 0.3) is 0 Å². The van der Waals surface area contributed by atoms with Gasteiger partial charge in [-0.2, -0.15) is 0 Å². The molecule has 0 aliphatic rings. The highest BCUT2D eigenvalue weighted by molar-refractivity contribution is 6.34. The second kappa shape index (κ2) is 5.50. The molecule has 2 N–H and O–H groups in total. The molecule has 17 heavy (non-hydrogen) atoms. The molecular formula is C13H12Cl2N2. The SMILES string of the molecule is NC(Cc1ccccn1)c1cc(Cl)cc(Cl)c1. The van der Waals surface area contributed by atoms with Crippen molar-refractivity contribution in [3.8, 4) is 0 Å². The van der Waals surface area contributed by atoms with Crippen molar-refractivity contribution in [2.75, 3.05) is 0 Å². The van der Waals surface area contributed by atoms with E-state index >= 15 is 0 Å².